The number of pyridine rings is 1. The molecule has 0 spiro atoms. The van der Waals surface area contributed by atoms with Crippen LogP contribution in [0.4, 0.5) is 0 Å². The molecule has 2 amide bonds. The Morgan fingerprint density at radius 2 is 2.00 bits per heavy atom. The van der Waals surface area contributed by atoms with E-state index in [0.717, 1.165) is 44.0 Å². The summed E-state index contributed by atoms with van der Waals surface area (Å²) in [6.45, 7) is 8.30. The van der Waals surface area contributed by atoms with Crippen molar-refractivity contribution in [2.75, 3.05) is 39.3 Å². The molecule has 2 rings (SSSR count). The normalized spacial score (nSPS) is 15.6. The molecule has 0 aliphatic carbocycles. The second kappa shape index (κ2) is 7.89. The SMILES string of the molecule is CC(=O)N1CCN(CCNC(=O)Cc2ccnc(C)c2)CC1. The molecule has 0 bridgehead atoms. The molecule has 1 aromatic rings. The summed E-state index contributed by atoms with van der Waals surface area (Å²) in [5, 5.41) is 2.95. The summed E-state index contributed by atoms with van der Waals surface area (Å²) in [6, 6.07) is 3.80. The van der Waals surface area contributed by atoms with Gasteiger partial charge in [-0.05, 0) is 24.6 Å². The summed E-state index contributed by atoms with van der Waals surface area (Å²) >= 11 is 0. The van der Waals surface area contributed by atoms with E-state index in [1.807, 2.05) is 24.0 Å². The Bertz CT molecular complexity index is 525. The highest BCUT2D eigenvalue weighted by Gasteiger charge is 2.18. The van der Waals surface area contributed by atoms with Crippen molar-refractivity contribution in [3.63, 3.8) is 0 Å². The van der Waals surface area contributed by atoms with Crippen LogP contribution in [0.1, 0.15) is 18.2 Å². The molecule has 120 valence electrons. The van der Waals surface area contributed by atoms with Crippen LogP contribution in [0.15, 0.2) is 18.3 Å². The van der Waals surface area contributed by atoms with Crippen LogP contribution in [0.3, 0.4) is 0 Å². The Kier molecular flexibility index (Phi) is 5.89. The molecule has 1 fully saturated rings. The van der Waals surface area contributed by atoms with Gasteiger partial charge in [0.1, 0.15) is 0 Å². The van der Waals surface area contributed by atoms with Crippen molar-refractivity contribution in [3.8, 4) is 0 Å². The molecule has 6 nitrogen and oxygen atoms in total. The topological polar surface area (TPSA) is 65.5 Å². The van der Waals surface area contributed by atoms with Gasteiger partial charge in [-0.15, -0.1) is 0 Å². The third-order valence-electron chi connectivity index (χ3n) is 3.89. The lowest BCUT2D eigenvalue weighted by molar-refractivity contribution is -0.130. The first-order valence-corrected chi connectivity index (χ1v) is 7.70. The molecule has 1 N–H and O–H groups in total. The number of amides is 2. The maximum Gasteiger partial charge on any atom is 0.224 e. The van der Waals surface area contributed by atoms with Gasteiger partial charge in [0, 0.05) is 58.1 Å². The van der Waals surface area contributed by atoms with Gasteiger partial charge >= 0.3 is 0 Å². The Balaban J connectivity index is 1.64. The van der Waals surface area contributed by atoms with Crippen LogP contribution in [-0.2, 0) is 16.0 Å². The van der Waals surface area contributed by atoms with E-state index in [4.69, 9.17) is 0 Å². The average Bonchev–Trinajstić information content (AvgIpc) is 2.47. The van der Waals surface area contributed by atoms with Gasteiger partial charge in [0.05, 0.1) is 6.42 Å². The van der Waals surface area contributed by atoms with Crippen molar-refractivity contribution < 1.29 is 9.59 Å². The summed E-state index contributed by atoms with van der Waals surface area (Å²) < 4.78 is 0. The van der Waals surface area contributed by atoms with Crippen molar-refractivity contribution in [1.82, 2.24) is 20.1 Å². The van der Waals surface area contributed by atoms with Gasteiger partial charge in [-0.1, -0.05) is 0 Å². The van der Waals surface area contributed by atoms with Crippen molar-refractivity contribution in [2.24, 2.45) is 0 Å². The highest BCUT2D eigenvalue weighted by atomic mass is 16.2. The lowest BCUT2D eigenvalue weighted by Gasteiger charge is -2.34. The van der Waals surface area contributed by atoms with Gasteiger partial charge in [0.15, 0.2) is 0 Å². The van der Waals surface area contributed by atoms with E-state index in [1.165, 1.54) is 0 Å². The minimum atomic E-state index is 0.0352. The molecule has 1 aliphatic rings. The van der Waals surface area contributed by atoms with E-state index in [9.17, 15) is 9.59 Å². The van der Waals surface area contributed by atoms with Gasteiger partial charge in [0.2, 0.25) is 11.8 Å². The molecule has 2 heterocycles. The number of nitrogens with one attached hydrogen (secondary N) is 1. The van der Waals surface area contributed by atoms with Crippen LogP contribution in [0, 0.1) is 6.92 Å². The molecule has 22 heavy (non-hydrogen) atoms. The Hall–Kier alpha value is -1.95. The molecule has 0 saturated carbocycles. The second-order valence-corrected chi connectivity index (χ2v) is 5.68. The summed E-state index contributed by atoms with van der Waals surface area (Å²) in [7, 11) is 0. The van der Waals surface area contributed by atoms with Crippen molar-refractivity contribution in [1.29, 1.82) is 0 Å². The first-order chi connectivity index (χ1) is 10.5. The minimum absolute atomic E-state index is 0.0352. The zero-order valence-electron chi connectivity index (χ0n) is 13.3. The van der Waals surface area contributed by atoms with Crippen LogP contribution in [0.2, 0.25) is 0 Å². The largest absolute Gasteiger partial charge is 0.355 e. The third-order valence-corrected chi connectivity index (χ3v) is 3.89. The van der Waals surface area contributed by atoms with E-state index < -0.39 is 0 Å². The molecule has 0 radical (unpaired) electrons. The summed E-state index contributed by atoms with van der Waals surface area (Å²) in [6.07, 6.45) is 2.12. The highest BCUT2D eigenvalue weighted by Crippen LogP contribution is 2.02. The number of hydrogen-bond donors (Lipinski definition) is 1. The molecule has 0 unspecified atom stereocenters. The standard InChI is InChI=1S/C16H24N4O2/c1-13-11-15(3-4-17-13)12-16(22)18-5-6-19-7-9-20(10-8-19)14(2)21/h3-4,11H,5-10,12H2,1-2H3,(H,18,22). The van der Waals surface area contributed by atoms with Crippen LogP contribution < -0.4 is 5.32 Å². The smallest absolute Gasteiger partial charge is 0.224 e. The first-order valence-electron chi connectivity index (χ1n) is 7.70. The lowest BCUT2D eigenvalue weighted by atomic mass is 10.1. The minimum Gasteiger partial charge on any atom is -0.355 e. The Morgan fingerprint density at radius 1 is 1.27 bits per heavy atom. The predicted molar refractivity (Wildman–Crippen MR) is 84.4 cm³/mol. The fourth-order valence-corrected chi connectivity index (χ4v) is 2.60. The molecule has 6 heteroatoms. The summed E-state index contributed by atoms with van der Waals surface area (Å²) in [5.41, 5.74) is 1.91. The van der Waals surface area contributed by atoms with Crippen LogP contribution in [-0.4, -0.2) is 65.9 Å². The fraction of sp³-hybridized carbons (Fsp3) is 0.562. The van der Waals surface area contributed by atoms with E-state index in [0.29, 0.717) is 13.0 Å². The number of nitrogens with zero attached hydrogens (tertiary/aromatic N) is 3. The van der Waals surface area contributed by atoms with Crippen molar-refractivity contribution in [3.05, 3.63) is 29.6 Å². The fourth-order valence-electron chi connectivity index (χ4n) is 2.60. The summed E-state index contributed by atoms with van der Waals surface area (Å²) in [4.78, 5) is 31.4. The van der Waals surface area contributed by atoms with E-state index in [1.54, 1.807) is 13.1 Å². The third kappa shape index (κ3) is 5.11. The first kappa shape index (κ1) is 16.4. The number of aryl methyl sites for hydroxylation is 1. The number of piperazine rings is 1. The van der Waals surface area contributed by atoms with Gasteiger partial charge < -0.3 is 10.2 Å². The molecular formula is C16H24N4O2. The average molecular weight is 304 g/mol. The maximum absolute atomic E-state index is 11.9. The number of carbonyl (C=O) groups excluding carboxylic acids is 2. The van der Waals surface area contributed by atoms with E-state index in [2.05, 4.69) is 15.2 Å². The molecule has 1 aromatic heterocycles. The molecule has 0 atom stereocenters. The zero-order valence-corrected chi connectivity index (χ0v) is 13.3. The lowest BCUT2D eigenvalue weighted by Crippen LogP contribution is -2.49. The summed E-state index contributed by atoms with van der Waals surface area (Å²) in [5.74, 6) is 0.175. The van der Waals surface area contributed by atoms with Gasteiger partial charge in [-0.2, -0.15) is 0 Å². The maximum atomic E-state index is 11.9. The van der Waals surface area contributed by atoms with Crippen LogP contribution in [0.5, 0.6) is 0 Å². The van der Waals surface area contributed by atoms with Gasteiger partial charge in [-0.3, -0.25) is 19.5 Å². The number of rotatable bonds is 5. The van der Waals surface area contributed by atoms with Crippen LogP contribution in [0.25, 0.3) is 0 Å². The molecule has 0 aromatic carbocycles. The molecule has 1 aliphatic heterocycles. The Labute approximate surface area is 131 Å². The van der Waals surface area contributed by atoms with E-state index >= 15 is 0 Å². The Morgan fingerprint density at radius 3 is 2.64 bits per heavy atom. The highest BCUT2D eigenvalue weighted by molar-refractivity contribution is 5.78. The van der Waals surface area contributed by atoms with Crippen molar-refractivity contribution >= 4 is 11.8 Å². The number of carbonyl (C=O) groups is 2. The van der Waals surface area contributed by atoms with Crippen LogP contribution >= 0.6 is 0 Å². The molecule has 1 saturated heterocycles. The number of aromatic nitrogens is 1. The van der Waals surface area contributed by atoms with Gasteiger partial charge in [-0.25, -0.2) is 0 Å². The number of hydrogen-bond acceptors (Lipinski definition) is 4. The van der Waals surface area contributed by atoms with Gasteiger partial charge in [0.25, 0.3) is 0 Å². The molecular weight excluding hydrogens is 280 g/mol. The zero-order chi connectivity index (χ0) is 15.9. The predicted octanol–water partition coefficient (Wildman–Crippen LogP) is 0.213. The van der Waals surface area contributed by atoms with Crippen molar-refractivity contribution in [2.45, 2.75) is 20.3 Å². The van der Waals surface area contributed by atoms with E-state index in [-0.39, 0.29) is 11.8 Å². The monoisotopic (exact) mass is 304 g/mol. The quantitative estimate of drug-likeness (QED) is 0.845. The second-order valence-electron chi connectivity index (χ2n) is 5.68.